The topological polar surface area (TPSA) is 45.7 Å². The van der Waals surface area contributed by atoms with Gasteiger partial charge in [0.1, 0.15) is 6.04 Å². The van der Waals surface area contributed by atoms with Crippen molar-refractivity contribution >= 4 is 34.8 Å². The lowest BCUT2D eigenvalue weighted by atomic mass is 9.95. The van der Waals surface area contributed by atoms with Gasteiger partial charge in [-0.3, -0.25) is 4.79 Å². The van der Waals surface area contributed by atoms with E-state index in [9.17, 15) is 4.79 Å². The van der Waals surface area contributed by atoms with E-state index >= 15 is 0 Å². The molecule has 128 valence electrons. The lowest BCUT2D eigenvalue weighted by Gasteiger charge is -2.23. The summed E-state index contributed by atoms with van der Waals surface area (Å²) in [7, 11) is 0. The quantitative estimate of drug-likeness (QED) is 0.788. The Balaban J connectivity index is 2.08. The van der Waals surface area contributed by atoms with Crippen LogP contribution < -0.4 is 10.6 Å². The molecule has 2 rings (SSSR count). The van der Waals surface area contributed by atoms with Gasteiger partial charge >= 0.3 is 0 Å². The van der Waals surface area contributed by atoms with Crippen LogP contribution in [0.3, 0.4) is 0 Å². The van der Waals surface area contributed by atoms with Gasteiger partial charge < -0.3 is 10.6 Å². The average Bonchev–Trinajstić information content (AvgIpc) is 2.56. The largest absolute Gasteiger partial charge is 0.330 e. The summed E-state index contributed by atoms with van der Waals surface area (Å²) < 4.78 is 0. The van der Waals surface area contributed by atoms with Crippen LogP contribution in [0.5, 0.6) is 0 Å². The van der Waals surface area contributed by atoms with Crippen molar-refractivity contribution in [3.05, 3.63) is 64.1 Å². The summed E-state index contributed by atoms with van der Waals surface area (Å²) in [5.41, 5.74) is 1.75. The third-order valence-electron chi connectivity index (χ3n) is 4.00. The standard InChI is InChI=1S/C19H22Cl2N2O/c1-12(2)18(14-7-5-4-6-8-14)22-13(3)19(24)23-17-11-15(20)9-10-16(17)21/h4-13,18,22H,1-3H3,(H,23,24)/p+1/t13-,18-/m0/s1. The zero-order chi connectivity index (χ0) is 17.7. The molecule has 2 aromatic rings. The molecule has 0 aliphatic carbocycles. The zero-order valence-electron chi connectivity index (χ0n) is 14.1. The molecular weight excluding hydrogens is 343 g/mol. The maximum Gasteiger partial charge on any atom is 0.282 e. The van der Waals surface area contributed by atoms with Gasteiger partial charge in [-0.05, 0) is 25.1 Å². The van der Waals surface area contributed by atoms with Crippen molar-refractivity contribution in [3.8, 4) is 0 Å². The van der Waals surface area contributed by atoms with Crippen LogP contribution >= 0.6 is 23.2 Å². The molecule has 0 bridgehead atoms. The second kappa shape index (κ2) is 8.52. The molecule has 2 atom stereocenters. The molecule has 0 saturated carbocycles. The summed E-state index contributed by atoms with van der Waals surface area (Å²) in [5.74, 6) is 0.304. The fourth-order valence-corrected chi connectivity index (χ4v) is 2.97. The van der Waals surface area contributed by atoms with E-state index in [1.54, 1.807) is 18.2 Å². The molecular formula is C19H23Cl2N2O+. The molecule has 0 spiro atoms. The molecule has 0 radical (unpaired) electrons. The summed E-state index contributed by atoms with van der Waals surface area (Å²) in [6, 6.07) is 15.2. The molecule has 0 aromatic heterocycles. The minimum absolute atomic E-state index is 0.0965. The highest BCUT2D eigenvalue weighted by atomic mass is 35.5. The number of rotatable bonds is 6. The number of benzene rings is 2. The Labute approximate surface area is 153 Å². The SMILES string of the molecule is CC(C)[C@H]([NH2+][C@@H](C)C(=O)Nc1cc(Cl)ccc1Cl)c1ccccc1. The molecule has 0 fully saturated rings. The number of carbonyl (C=O) groups excluding carboxylic acids is 1. The molecule has 0 aliphatic rings. The number of nitrogens with two attached hydrogens (primary N) is 1. The van der Waals surface area contributed by atoms with Crippen LogP contribution in [-0.4, -0.2) is 11.9 Å². The highest BCUT2D eigenvalue weighted by Crippen LogP contribution is 2.25. The Bertz CT molecular complexity index is 689. The Morgan fingerprint density at radius 1 is 1.04 bits per heavy atom. The maximum absolute atomic E-state index is 12.5. The van der Waals surface area contributed by atoms with E-state index in [1.165, 1.54) is 5.56 Å². The van der Waals surface area contributed by atoms with E-state index in [0.29, 0.717) is 21.7 Å². The first-order valence-electron chi connectivity index (χ1n) is 8.04. The Kier molecular flexibility index (Phi) is 6.67. The van der Waals surface area contributed by atoms with Gasteiger partial charge in [0, 0.05) is 16.5 Å². The first kappa shape index (κ1) is 18.8. The number of carbonyl (C=O) groups is 1. The van der Waals surface area contributed by atoms with E-state index in [0.717, 1.165) is 0 Å². The second-order valence-electron chi connectivity index (χ2n) is 6.28. The number of amides is 1. The summed E-state index contributed by atoms with van der Waals surface area (Å²) in [4.78, 5) is 12.5. The average molecular weight is 366 g/mol. The number of nitrogens with one attached hydrogen (secondary N) is 1. The van der Waals surface area contributed by atoms with Crippen LogP contribution in [0.1, 0.15) is 32.4 Å². The Morgan fingerprint density at radius 2 is 1.71 bits per heavy atom. The van der Waals surface area contributed by atoms with Gasteiger partial charge in [0.15, 0.2) is 6.04 Å². The molecule has 0 saturated heterocycles. The zero-order valence-corrected chi connectivity index (χ0v) is 15.6. The van der Waals surface area contributed by atoms with Crippen LogP contribution in [-0.2, 0) is 4.79 Å². The fraction of sp³-hybridized carbons (Fsp3) is 0.316. The van der Waals surface area contributed by atoms with E-state index < -0.39 is 0 Å². The predicted molar refractivity (Wildman–Crippen MR) is 101 cm³/mol. The molecule has 3 nitrogen and oxygen atoms in total. The van der Waals surface area contributed by atoms with E-state index in [1.807, 2.05) is 25.1 Å². The Morgan fingerprint density at radius 3 is 2.33 bits per heavy atom. The van der Waals surface area contributed by atoms with Crippen molar-refractivity contribution in [1.29, 1.82) is 0 Å². The molecule has 1 amide bonds. The first-order valence-corrected chi connectivity index (χ1v) is 8.80. The van der Waals surface area contributed by atoms with Crippen molar-refractivity contribution < 1.29 is 10.1 Å². The van der Waals surface area contributed by atoms with Crippen molar-refractivity contribution in [3.63, 3.8) is 0 Å². The minimum Gasteiger partial charge on any atom is -0.330 e. The van der Waals surface area contributed by atoms with Crippen LogP contribution in [0.15, 0.2) is 48.5 Å². The number of hydrogen-bond donors (Lipinski definition) is 2. The highest BCUT2D eigenvalue weighted by Gasteiger charge is 2.26. The van der Waals surface area contributed by atoms with Gasteiger partial charge in [0.05, 0.1) is 10.7 Å². The Hall–Kier alpha value is -1.55. The summed E-state index contributed by atoms with van der Waals surface area (Å²) in [6.07, 6.45) is 0. The predicted octanol–water partition coefficient (Wildman–Crippen LogP) is 4.28. The molecule has 5 heteroatoms. The monoisotopic (exact) mass is 365 g/mol. The van der Waals surface area contributed by atoms with Crippen LogP contribution in [0.2, 0.25) is 10.0 Å². The number of quaternary nitrogens is 1. The van der Waals surface area contributed by atoms with Gasteiger partial charge in [-0.1, -0.05) is 67.4 Å². The molecule has 0 heterocycles. The number of halogens is 2. The van der Waals surface area contributed by atoms with Crippen LogP contribution in [0.4, 0.5) is 5.69 Å². The van der Waals surface area contributed by atoms with E-state index in [-0.39, 0.29) is 18.0 Å². The van der Waals surface area contributed by atoms with Gasteiger partial charge in [-0.25, -0.2) is 0 Å². The molecule has 0 unspecified atom stereocenters. The van der Waals surface area contributed by atoms with Crippen molar-refractivity contribution in [2.45, 2.75) is 32.9 Å². The van der Waals surface area contributed by atoms with Crippen molar-refractivity contribution in [1.82, 2.24) is 0 Å². The van der Waals surface area contributed by atoms with Gasteiger partial charge in [0.2, 0.25) is 0 Å². The van der Waals surface area contributed by atoms with Gasteiger partial charge in [-0.2, -0.15) is 0 Å². The summed E-state index contributed by atoms with van der Waals surface area (Å²) in [6.45, 7) is 6.21. The first-order chi connectivity index (χ1) is 11.4. The normalized spacial score (nSPS) is 13.6. The number of hydrogen-bond acceptors (Lipinski definition) is 1. The van der Waals surface area contributed by atoms with Crippen LogP contribution in [0.25, 0.3) is 0 Å². The summed E-state index contributed by atoms with van der Waals surface area (Å²) in [5, 5.41) is 5.96. The lowest BCUT2D eigenvalue weighted by Crippen LogP contribution is -2.93. The van der Waals surface area contributed by atoms with Gasteiger partial charge in [0.25, 0.3) is 5.91 Å². The highest BCUT2D eigenvalue weighted by molar-refractivity contribution is 6.35. The van der Waals surface area contributed by atoms with E-state index in [4.69, 9.17) is 23.2 Å². The lowest BCUT2D eigenvalue weighted by molar-refractivity contribution is -0.718. The van der Waals surface area contributed by atoms with E-state index in [2.05, 4.69) is 36.6 Å². The maximum atomic E-state index is 12.5. The third-order valence-corrected chi connectivity index (χ3v) is 4.56. The molecule has 2 aromatic carbocycles. The number of anilines is 1. The summed E-state index contributed by atoms with van der Waals surface area (Å²) >= 11 is 12.1. The van der Waals surface area contributed by atoms with Crippen molar-refractivity contribution in [2.75, 3.05) is 5.32 Å². The minimum atomic E-state index is -0.257. The molecule has 24 heavy (non-hydrogen) atoms. The van der Waals surface area contributed by atoms with Crippen molar-refractivity contribution in [2.24, 2.45) is 5.92 Å². The molecule has 3 N–H and O–H groups in total. The van der Waals surface area contributed by atoms with Crippen LogP contribution in [0, 0.1) is 5.92 Å². The second-order valence-corrected chi connectivity index (χ2v) is 7.12. The third kappa shape index (κ3) is 4.97. The fourth-order valence-electron chi connectivity index (χ4n) is 2.63. The smallest absolute Gasteiger partial charge is 0.282 e. The van der Waals surface area contributed by atoms with Gasteiger partial charge in [-0.15, -0.1) is 0 Å². The molecule has 0 aliphatic heterocycles.